The average molecular weight is 451 g/mol. The summed E-state index contributed by atoms with van der Waals surface area (Å²) in [6.45, 7) is 14.0. The van der Waals surface area contributed by atoms with Crippen LogP contribution in [0.3, 0.4) is 0 Å². The molecule has 2 aliphatic rings. The molecule has 8 heteroatoms. The summed E-state index contributed by atoms with van der Waals surface area (Å²) >= 11 is 0. The van der Waals surface area contributed by atoms with Crippen molar-refractivity contribution in [3.63, 3.8) is 0 Å². The van der Waals surface area contributed by atoms with Gasteiger partial charge in [0.25, 0.3) is 5.91 Å². The van der Waals surface area contributed by atoms with Crippen molar-refractivity contribution in [1.29, 1.82) is 0 Å². The quantitative estimate of drug-likeness (QED) is 0.537. The summed E-state index contributed by atoms with van der Waals surface area (Å²) in [5.74, 6) is -0.486. The van der Waals surface area contributed by atoms with E-state index in [0.717, 1.165) is 30.7 Å². The topological polar surface area (TPSA) is 86.8 Å². The van der Waals surface area contributed by atoms with Crippen molar-refractivity contribution in [2.75, 3.05) is 26.4 Å². The van der Waals surface area contributed by atoms with E-state index >= 15 is 0 Å². The van der Waals surface area contributed by atoms with Gasteiger partial charge in [-0.2, -0.15) is 5.10 Å². The smallest absolute Gasteiger partial charge is 0.336 e. The second kappa shape index (κ2) is 9.75. The monoisotopic (exact) mass is 450 g/mol. The second-order valence-corrected chi connectivity index (χ2v) is 9.14. The molecule has 0 radical (unpaired) electrons. The number of carbonyl (C=O) groups is 2. The van der Waals surface area contributed by atoms with Gasteiger partial charge in [-0.25, -0.2) is 9.64 Å². The van der Waals surface area contributed by atoms with Gasteiger partial charge < -0.3 is 14.8 Å². The number of ether oxygens (including phenoxy) is 2. The van der Waals surface area contributed by atoms with Crippen molar-refractivity contribution in [3.05, 3.63) is 58.2 Å². The predicted octanol–water partition coefficient (Wildman–Crippen LogP) is 3.57. The summed E-state index contributed by atoms with van der Waals surface area (Å²) in [6, 6.07) is 6.51. The lowest BCUT2D eigenvalue weighted by molar-refractivity contribution is 0.0151. The largest absolute Gasteiger partial charge is 0.462 e. The Balaban J connectivity index is 1.49. The van der Waals surface area contributed by atoms with Gasteiger partial charge in [-0.15, -0.1) is 0 Å². The van der Waals surface area contributed by atoms with Crippen LogP contribution in [0.1, 0.15) is 58.8 Å². The Kier molecular flexibility index (Phi) is 6.80. The second-order valence-electron chi connectivity index (χ2n) is 9.14. The SMILES string of the molecule is [C-]#[N+]c1cccc(C(=O)OC[C@H](C)Cn2nc(CC)c3c2CC2(CCOCC2)CNC3=O)c1. The molecule has 1 aromatic carbocycles. The number of fused-ring (bicyclic) bond motifs is 1. The first-order chi connectivity index (χ1) is 15.9. The number of aromatic nitrogens is 2. The van der Waals surface area contributed by atoms with Crippen LogP contribution in [0, 0.1) is 17.9 Å². The van der Waals surface area contributed by atoms with E-state index in [1.165, 1.54) is 6.07 Å². The number of hydrogen-bond donors (Lipinski definition) is 1. The van der Waals surface area contributed by atoms with Gasteiger partial charge >= 0.3 is 5.97 Å². The lowest BCUT2D eigenvalue weighted by Gasteiger charge is -2.36. The number of aryl methyl sites for hydroxylation is 1. The van der Waals surface area contributed by atoms with E-state index < -0.39 is 5.97 Å². The molecule has 3 heterocycles. The molecule has 1 aromatic heterocycles. The van der Waals surface area contributed by atoms with Crippen molar-refractivity contribution in [1.82, 2.24) is 15.1 Å². The average Bonchev–Trinajstić information content (AvgIpc) is 3.10. The van der Waals surface area contributed by atoms with Gasteiger partial charge in [-0.3, -0.25) is 9.48 Å². The molecule has 1 spiro atoms. The van der Waals surface area contributed by atoms with Gasteiger partial charge in [0.2, 0.25) is 0 Å². The summed E-state index contributed by atoms with van der Waals surface area (Å²) in [5, 5.41) is 7.91. The van der Waals surface area contributed by atoms with Crippen LogP contribution < -0.4 is 5.32 Å². The van der Waals surface area contributed by atoms with E-state index in [9.17, 15) is 9.59 Å². The first kappa shape index (κ1) is 23.0. The molecule has 1 saturated heterocycles. The fourth-order valence-electron chi connectivity index (χ4n) is 4.68. The van der Waals surface area contributed by atoms with E-state index in [4.69, 9.17) is 21.1 Å². The van der Waals surface area contributed by atoms with Crippen LogP contribution in [0.5, 0.6) is 0 Å². The Morgan fingerprint density at radius 3 is 2.91 bits per heavy atom. The first-order valence-corrected chi connectivity index (χ1v) is 11.5. The fraction of sp³-hybridized carbons (Fsp3) is 0.520. The number of carbonyl (C=O) groups excluding carboxylic acids is 2. The molecule has 33 heavy (non-hydrogen) atoms. The normalized spacial score (nSPS) is 18.0. The summed E-state index contributed by atoms with van der Waals surface area (Å²) in [5.41, 5.74) is 3.27. The van der Waals surface area contributed by atoms with Crippen molar-refractivity contribution >= 4 is 17.6 Å². The summed E-state index contributed by atoms with van der Waals surface area (Å²) in [6.07, 6.45) is 3.29. The third kappa shape index (κ3) is 4.93. The lowest BCUT2D eigenvalue weighted by Crippen LogP contribution is -2.41. The van der Waals surface area contributed by atoms with Gasteiger partial charge in [0.15, 0.2) is 5.69 Å². The van der Waals surface area contributed by atoms with Gasteiger partial charge in [0, 0.05) is 37.8 Å². The number of rotatable bonds is 6. The number of nitrogens with zero attached hydrogens (tertiary/aromatic N) is 3. The molecule has 0 unspecified atom stereocenters. The highest BCUT2D eigenvalue weighted by Gasteiger charge is 2.39. The lowest BCUT2D eigenvalue weighted by atomic mass is 9.76. The third-order valence-electron chi connectivity index (χ3n) is 6.61. The zero-order valence-electron chi connectivity index (χ0n) is 19.2. The minimum Gasteiger partial charge on any atom is -0.462 e. The number of hydrogen-bond acceptors (Lipinski definition) is 5. The first-order valence-electron chi connectivity index (χ1n) is 11.5. The van der Waals surface area contributed by atoms with Crippen LogP contribution in [-0.2, 0) is 28.9 Å². The molecule has 0 bridgehead atoms. The van der Waals surface area contributed by atoms with Crippen LogP contribution in [0.2, 0.25) is 0 Å². The molecule has 8 nitrogen and oxygen atoms in total. The molecule has 1 amide bonds. The molecule has 1 N–H and O–H groups in total. The highest BCUT2D eigenvalue weighted by molar-refractivity contribution is 5.97. The van der Waals surface area contributed by atoms with E-state index in [-0.39, 0.29) is 23.8 Å². The Morgan fingerprint density at radius 1 is 1.39 bits per heavy atom. The molecule has 4 rings (SSSR count). The fourth-order valence-corrected chi connectivity index (χ4v) is 4.68. The summed E-state index contributed by atoms with van der Waals surface area (Å²) in [7, 11) is 0. The van der Waals surface area contributed by atoms with E-state index in [1.54, 1.807) is 18.2 Å². The maximum Gasteiger partial charge on any atom is 0.336 e. The Labute approximate surface area is 194 Å². The Morgan fingerprint density at radius 2 is 2.18 bits per heavy atom. The molecule has 2 aromatic rings. The van der Waals surface area contributed by atoms with Crippen molar-refractivity contribution < 1.29 is 19.1 Å². The van der Waals surface area contributed by atoms with Crippen LogP contribution in [0.25, 0.3) is 4.85 Å². The molecular formula is C25H30N4O4. The molecule has 174 valence electrons. The van der Waals surface area contributed by atoms with Gasteiger partial charge in [-0.1, -0.05) is 32.0 Å². The minimum atomic E-state index is -0.443. The van der Waals surface area contributed by atoms with Gasteiger partial charge in [0.1, 0.15) is 0 Å². The maximum atomic E-state index is 12.9. The standard InChI is InChI=1S/C25H30N4O4/c1-4-20-22-21(13-25(16-27-23(22)30)8-10-32-11-9-25)29(28-20)14-17(2)15-33-24(31)18-6-5-7-19(12-18)26-3/h5-7,12,17H,4,8-11,13-16H2,1-2H3,(H,27,30)/t17-/m1/s1. The van der Waals surface area contributed by atoms with Crippen molar-refractivity contribution in [2.45, 2.75) is 46.1 Å². The van der Waals surface area contributed by atoms with Crippen LogP contribution in [0.15, 0.2) is 24.3 Å². The molecule has 0 aliphatic carbocycles. The summed E-state index contributed by atoms with van der Waals surface area (Å²) < 4.78 is 13.0. The van der Waals surface area contributed by atoms with E-state index in [1.807, 2.05) is 18.5 Å². The van der Waals surface area contributed by atoms with Crippen LogP contribution in [0.4, 0.5) is 5.69 Å². The number of nitrogens with one attached hydrogen (secondary N) is 1. The number of benzene rings is 1. The molecule has 0 saturated carbocycles. The number of amides is 1. The zero-order valence-corrected chi connectivity index (χ0v) is 19.2. The predicted molar refractivity (Wildman–Crippen MR) is 122 cm³/mol. The van der Waals surface area contributed by atoms with Gasteiger partial charge in [-0.05, 0) is 37.2 Å². The summed E-state index contributed by atoms with van der Waals surface area (Å²) in [4.78, 5) is 28.7. The maximum absolute atomic E-state index is 12.9. The van der Waals surface area contributed by atoms with E-state index in [0.29, 0.717) is 49.5 Å². The van der Waals surface area contributed by atoms with Crippen molar-refractivity contribution in [2.24, 2.45) is 11.3 Å². The molecule has 2 aliphatic heterocycles. The van der Waals surface area contributed by atoms with E-state index in [2.05, 4.69) is 10.2 Å². The molecular weight excluding hydrogens is 420 g/mol. The highest BCUT2D eigenvalue weighted by Crippen LogP contribution is 2.37. The van der Waals surface area contributed by atoms with Gasteiger partial charge in [0.05, 0.1) is 30.1 Å². The minimum absolute atomic E-state index is 0.00338. The van der Waals surface area contributed by atoms with Crippen LogP contribution in [-0.4, -0.2) is 48.0 Å². The van der Waals surface area contributed by atoms with Crippen LogP contribution >= 0.6 is 0 Å². The van der Waals surface area contributed by atoms with Crippen molar-refractivity contribution in [3.8, 4) is 0 Å². The zero-order chi connectivity index (χ0) is 23.4. The Bertz CT molecular complexity index is 1080. The molecule has 1 atom stereocenters. The number of esters is 1. The Hall–Kier alpha value is -3.18. The highest BCUT2D eigenvalue weighted by atomic mass is 16.5. The molecule has 1 fully saturated rings. The third-order valence-corrected chi connectivity index (χ3v) is 6.61.